The molecule has 0 N–H and O–H groups in total. The van der Waals surface area contributed by atoms with E-state index in [4.69, 9.17) is 9.47 Å². The number of carbonyl (C=O) groups is 1. The molecule has 3 heterocycles. The topological polar surface area (TPSA) is 42.0 Å². The van der Waals surface area contributed by atoms with E-state index in [0.29, 0.717) is 12.3 Å². The summed E-state index contributed by atoms with van der Waals surface area (Å²) < 4.78 is 12.2. The Morgan fingerprint density at radius 3 is 2.83 bits per heavy atom. The summed E-state index contributed by atoms with van der Waals surface area (Å²) in [5, 5.41) is 3.69. The lowest BCUT2D eigenvalue weighted by molar-refractivity contribution is 0.0771. The number of benzene rings is 2. The number of ether oxygens (including phenoxy) is 2. The van der Waals surface area contributed by atoms with Crippen LogP contribution in [0.2, 0.25) is 0 Å². The van der Waals surface area contributed by atoms with Gasteiger partial charge in [0.2, 0.25) is 6.79 Å². The third-order valence-corrected chi connectivity index (χ3v) is 7.03. The SMILES string of the molecule is Cc1ccc2scc(CCN(C)CCCN3Cc4cc5c(cc4C3=O)OCO5)c2c1. The van der Waals surface area contributed by atoms with Crippen LogP contribution >= 0.6 is 11.3 Å². The number of amides is 1. The van der Waals surface area contributed by atoms with Gasteiger partial charge in [-0.2, -0.15) is 0 Å². The quantitative estimate of drug-likeness (QED) is 0.564. The Hall–Kier alpha value is -2.57. The van der Waals surface area contributed by atoms with E-state index in [-0.39, 0.29) is 12.7 Å². The predicted molar refractivity (Wildman–Crippen MR) is 120 cm³/mol. The number of likely N-dealkylation sites (N-methyl/N-ethyl adjacent to an activating group) is 1. The maximum Gasteiger partial charge on any atom is 0.254 e. The van der Waals surface area contributed by atoms with Crippen molar-refractivity contribution in [2.24, 2.45) is 0 Å². The molecule has 0 aliphatic carbocycles. The van der Waals surface area contributed by atoms with Gasteiger partial charge in [-0.15, -0.1) is 11.3 Å². The lowest BCUT2D eigenvalue weighted by Gasteiger charge is -2.20. The Balaban J connectivity index is 1.12. The van der Waals surface area contributed by atoms with Crippen LogP contribution in [0, 0.1) is 6.92 Å². The molecule has 2 aromatic carbocycles. The molecule has 1 amide bonds. The number of hydrogen-bond acceptors (Lipinski definition) is 5. The summed E-state index contributed by atoms with van der Waals surface area (Å²) in [7, 11) is 2.17. The highest BCUT2D eigenvalue weighted by molar-refractivity contribution is 7.17. The Morgan fingerprint density at radius 1 is 1.13 bits per heavy atom. The maximum atomic E-state index is 12.7. The van der Waals surface area contributed by atoms with Crippen LogP contribution in [0.5, 0.6) is 11.5 Å². The van der Waals surface area contributed by atoms with Crippen LogP contribution in [-0.2, 0) is 13.0 Å². The normalized spacial score (nSPS) is 14.9. The second kappa shape index (κ2) is 7.93. The first-order valence-electron chi connectivity index (χ1n) is 10.5. The highest BCUT2D eigenvalue weighted by Gasteiger charge is 2.30. The third-order valence-electron chi connectivity index (χ3n) is 6.02. The van der Waals surface area contributed by atoms with Crippen LogP contribution in [0.15, 0.2) is 35.7 Å². The average molecular weight is 423 g/mol. The highest BCUT2D eigenvalue weighted by atomic mass is 32.1. The first-order chi connectivity index (χ1) is 14.6. The van der Waals surface area contributed by atoms with E-state index in [2.05, 4.69) is 42.5 Å². The van der Waals surface area contributed by atoms with Crippen molar-refractivity contribution in [2.75, 3.05) is 33.5 Å². The summed E-state index contributed by atoms with van der Waals surface area (Å²) in [5.74, 6) is 1.53. The number of fused-ring (bicyclic) bond motifs is 3. The number of hydrogen-bond donors (Lipinski definition) is 0. The van der Waals surface area contributed by atoms with Gasteiger partial charge in [0.15, 0.2) is 11.5 Å². The van der Waals surface area contributed by atoms with Gasteiger partial charge in [0, 0.05) is 29.9 Å². The standard InChI is InChI=1S/C24H26N2O3S/c1-16-4-5-23-19(10-16)17(14-30-23)6-9-25(2)7-3-8-26-13-18-11-21-22(29-15-28-21)12-20(18)24(26)27/h4-5,10-12,14H,3,6-9,13,15H2,1-2H3. The van der Waals surface area contributed by atoms with Gasteiger partial charge in [0.1, 0.15) is 0 Å². The molecule has 0 saturated heterocycles. The van der Waals surface area contributed by atoms with Crippen molar-refractivity contribution < 1.29 is 14.3 Å². The summed E-state index contributed by atoms with van der Waals surface area (Å²) in [5.41, 5.74) is 4.55. The van der Waals surface area contributed by atoms with E-state index in [1.54, 1.807) is 0 Å². The molecule has 6 heteroatoms. The van der Waals surface area contributed by atoms with Gasteiger partial charge in [-0.25, -0.2) is 0 Å². The molecular formula is C24H26N2O3S. The van der Waals surface area contributed by atoms with Crippen molar-refractivity contribution in [1.82, 2.24) is 9.80 Å². The van der Waals surface area contributed by atoms with E-state index >= 15 is 0 Å². The Labute approximate surface area is 180 Å². The van der Waals surface area contributed by atoms with Crippen molar-refractivity contribution >= 4 is 27.3 Å². The van der Waals surface area contributed by atoms with Gasteiger partial charge >= 0.3 is 0 Å². The zero-order chi connectivity index (χ0) is 20.7. The molecule has 0 radical (unpaired) electrons. The largest absolute Gasteiger partial charge is 0.454 e. The number of thiophene rings is 1. The zero-order valence-corrected chi connectivity index (χ0v) is 18.3. The average Bonchev–Trinajstić information content (AvgIpc) is 3.43. The smallest absolute Gasteiger partial charge is 0.254 e. The maximum absolute atomic E-state index is 12.7. The molecule has 156 valence electrons. The highest BCUT2D eigenvalue weighted by Crippen LogP contribution is 2.38. The van der Waals surface area contributed by atoms with E-state index < -0.39 is 0 Å². The van der Waals surface area contributed by atoms with Crippen molar-refractivity contribution in [3.8, 4) is 11.5 Å². The molecule has 2 aliphatic heterocycles. The van der Waals surface area contributed by atoms with Crippen LogP contribution in [0.3, 0.4) is 0 Å². The molecule has 0 bridgehead atoms. The molecule has 0 saturated carbocycles. The summed E-state index contributed by atoms with van der Waals surface area (Å²) >= 11 is 1.83. The fraction of sp³-hybridized carbons (Fsp3) is 0.375. The van der Waals surface area contributed by atoms with E-state index in [9.17, 15) is 4.79 Å². The van der Waals surface area contributed by atoms with Crippen molar-refractivity contribution in [3.05, 3.63) is 58.0 Å². The molecule has 0 atom stereocenters. The fourth-order valence-electron chi connectivity index (χ4n) is 4.29. The number of rotatable bonds is 7. The molecule has 5 nitrogen and oxygen atoms in total. The molecule has 3 aromatic rings. The van der Waals surface area contributed by atoms with Crippen molar-refractivity contribution in [3.63, 3.8) is 0 Å². The zero-order valence-electron chi connectivity index (χ0n) is 17.4. The van der Waals surface area contributed by atoms with Crippen LogP contribution < -0.4 is 9.47 Å². The second-order valence-corrected chi connectivity index (χ2v) is 9.17. The van der Waals surface area contributed by atoms with Gasteiger partial charge in [-0.05, 0) is 73.5 Å². The second-order valence-electron chi connectivity index (χ2n) is 8.26. The Morgan fingerprint density at radius 2 is 1.97 bits per heavy atom. The molecule has 2 aliphatic rings. The molecule has 0 spiro atoms. The fourth-order valence-corrected chi connectivity index (χ4v) is 5.26. The van der Waals surface area contributed by atoms with Gasteiger partial charge in [0.25, 0.3) is 5.91 Å². The minimum Gasteiger partial charge on any atom is -0.454 e. The van der Waals surface area contributed by atoms with Gasteiger partial charge < -0.3 is 19.3 Å². The summed E-state index contributed by atoms with van der Waals surface area (Å²) in [6, 6.07) is 10.5. The summed E-state index contributed by atoms with van der Waals surface area (Å²) in [6.07, 6.45) is 2.02. The van der Waals surface area contributed by atoms with Crippen molar-refractivity contribution in [2.45, 2.75) is 26.3 Å². The first-order valence-corrected chi connectivity index (χ1v) is 11.3. The van der Waals surface area contributed by atoms with Gasteiger partial charge in [-0.1, -0.05) is 17.7 Å². The van der Waals surface area contributed by atoms with E-state index in [1.165, 1.54) is 21.2 Å². The third kappa shape index (κ3) is 3.66. The number of aryl methyl sites for hydroxylation is 1. The van der Waals surface area contributed by atoms with E-state index in [1.807, 2.05) is 28.4 Å². The van der Waals surface area contributed by atoms with Crippen LogP contribution in [0.1, 0.15) is 33.5 Å². The molecule has 0 unspecified atom stereocenters. The minimum atomic E-state index is 0.103. The predicted octanol–water partition coefficient (Wildman–Crippen LogP) is 4.46. The molecule has 1 aromatic heterocycles. The lowest BCUT2D eigenvalue weighted by Crippen LogP contribution is -2.29. The molecular weight excluding hydrogens is 396 g/mol. The Bertz CT molecular complexity index is 1110. The summed E-state index contributed by atoms with van der Waals surface area (Å²) in [6.45, 7) is 5.82. The van der Waals surface area contributed by atoms with Crippen LogP contribution in [-0.4, -0.2) is 49.2 Å². The van der Waals surface area contributed by atoms with E-state index in [0.717, 1.165) is 49.4 Å². The van der Waals surface area contributed by atoms with Crippen LogP contribution in [0.4, 0.5) is 0 Å². The Kier molecular flexibility index (Phi) is 5.13. The van der Waals surface area contributed by atoms with Gasteiger partial charge in [0.05, 0.1) is 0 Å². The van der Waals surface area contributed by atoms with Crippen molar-refractivity contribution in [1.29, 1.82) is 0 Å². The van der Waals surface area contributed by atoms with Crippen LogP contribution in [0.25, 0.3) is 10.1 Å². The van der Waals surface area contributed by atoms with Gasteiger partial charge in [-0.3, -0.25) is 4.79 Å². The molecule has 0 fully saturated rings. The number of carbonyl (C=O) groups excluding carboxylic acids is 1. The summed E-state index contributed by atoms with van der Waals surface area (Å²) in [4.78, 5) is 17.0. The number of nitrogens with zero attached hydrogens (tertiary/aromatic N) is 2. The minimum absolute atomic E-state index is 0.103. The molecule has 30 heavy (non-hydrogen) atoms. The molecule has 5 rings (SSSR count). The first kappa shape index (κ1) is 19.4. The monoisotopic (exact) mass is 422 g/mol. The lowest BCUT2D eigenvalue weighted by atomic mass is 10.1.